The molecule has 24 heavy (non-hydrogen) atoms. The minimum atomic E-state index is 0.261. The highest BCUT2D eigenvalue weighted by atomic mass is 16.2. The molecule has 4 heteroatoms. The molecule has 4 rings (SSSR count). The second-order valence-electron chi connectivity index (χ2n) is 7.60. The van der Waals surface area contributed by atoms with Gasteiger partial charge >= 0.3 is 0 Å². The lowest BCUT2D eigenvalue weighted by Crippen LogP contribution is -2.44. The van der Waals surface area contributed by atoms with Crippen LogP contribution < -0.4 is 15.5 Å². The van der Waals surface area contributed by atoms with Crippen molar-refractivity contribution in [3.05, 3.63) is 24.3 Å². The molecule has 0 radical (unpaired) electrons. The first-order valence-corrected chi connectivity index (χ1v) is 9.71. The van der Waals surface area contributed by atoms with Gasteiger partial charge in [-0.15, -0.1) is 0 Å². The summed E-state index contributed by atoms with van der Waals surface area (Å²) in [5.41, 5.74) is 2.22. The number of rotatable bonds is 4. The van der Waals surface area contributed by atoms with Crippen molar-refractivity contribution in [2.45, 2.75) is 63.5 Å². The fourth-order valence-corrected chi connectivity index (χ4v) is 4.79. The molecule has 1 aliphatic carbocycles. The Morgan fingerprint density at radius 2 is 2.04 bits per heavy atom. The maximum absolute atomic E-state index is 12.0. The van der Waals surface area contributed by atoms with E-state index >= 15 is 0 Å². The number of amides is 1. The summed E-state index contributed by atoms with van der Waals surface area (Å²) in [6.07, 6.45) is 9.61. The molecule has 0 bridgehead atoms. The Balaban J connectivity index is 1.45. The highest BCUT2D eigenvalue weighted by Crippen LogP contribution is 2.34. The molecule has 2 heterocycles. The van der Waals surface area contributed by atoms with Gasteiger partial charge in [0.1, 0.15) is 0 Å². The van der Waals surface area contributed by atoms with Crippen molar-refractivity contribution in [3.63, 3.8) is 0 Å². The molecule has 1 amide bonds. The Kier molecular flexibility index (Phi) is 4.74. The van der Waals surface area contributed by atoms with Crippen LogP contribution in [0.25, 0.3) is 0 Å². The molecule has 2 N–H and O–H groups in total. The molecule has 3 atom stereocenters. The average Bonchev–Trinajstić information content (AvgIpc) is 3.25. The van der Waals surface area contributed by atoms with Gasteiger partial charge in [0.05, 0.1) is 0 Å². The molecule has 3 unspecified atom stereocenters. The van der Waals surface area contributed by atoms with E-state index in [1.165, 1.54) is 50.8 Å². The van der Waals surface area contributed by atoms with Gasteiger partial charge in [-0.1, -0.05) is 18.9 Å². The Bertz CT molecular complexity index is 582. The van der Waals surface area contributed by atoms with Crippen LogP contribution in [-0.4, -0.2) is 31.1 Å². The van der Waals surface area contributed by atoms with Gasteiger partial charge in [0.25, 0.3) is 0 Å². The number of piperidine rings is 1. The molecule has 0 aromatic heterocycles. The third-order valence-corrected chi connectivity index (χ3v) is 6.02. The number of nitrogens with one attached hydrogen (secondary N) is 2. The normalized spacial score (nSPS) is 30.8. The number of nitrogens with zero attached hydrogens (tertiary/aromatic N) is 1. The van der Waals surface area contributed by atoms with E-state index in [0.717, 1.165) is 24.6 Å². The molecule has 3 fully saturated rings. The number of hydrogen-bond acceptors (Lipinski definition) is 3. The highest BCUT2D eigenvalue weighted by Gasteiger charge is 2.34. The van der Waals surface area contributed by atoms with Crippen molar-refractivity contribution in [2.24, 2.45) is 5.92 Å². The summed E-state index contributed by atoms with van der Waals surface area (Å²) in [6, 6.07) is 9.68. The van der Waals surface area contributed by atoms with E-state index in [2.05, 4.69) is 34.9 Å². The smallest absolute Gasteiger partial charge is 0.227 e. The minimum absolute atomic E-state index is 0.261. The number of anilines is 2. The van der Waals surface area contributed by atoms with Crippen LogP contribution in [0.5, 0.6) is 0 Å². The molecule has 3 aliphatic rings. The summed E-state index contributed by atoms with van der Waals surface area (Å²) in [5.74, 6) is 1.000. The zero-order valence-corrected chi connectivity index (χ0v) is 14.5. The van der Waals surface area contributed by atoms with Crippen molar-refractivity contribution in [2.75, 3.05) is 23.3 Å². The van der Waals surface area contributed by atoms with Crippen LogP contribution in [0.15, 0.2) is 24.3 Å². The fraction of sp³-hybridized carbons (Fsp3) is 0.650. The molecule has 1 saturated carbocycles. The zero-order chi connectivity index (χ0) is 16.4. The summed E-state index contributed by atoms with van der Waals surface area (Å²) >= 11 is 0. The average molecular weight is 327 g/mol. The van der Waals surface area contributed by atoms with Crippen LogP contribution in [0.3, 0.4) is 0 Å². The van der Waals surface area contributed by atoms with E-state index in [1.807, 2.05) is 4.90 Å². The molecule has 130 valence electrons. The lowest BCUT2D eigenvalue weighted by molar-refractivity contribution is -0.117. The van der Waals surface area contributed by atoms with Crippen molar-refractivity contribution in [1.29, 1.82) is 0 Å². The maximum atomic E-state index is 12.0. The van der Waals surface area contributed by atoms with Crippen molar-refractivity contribution in [3.8, 4) is 0 Å². The Morgan fingerprint density at radius 3 is 2.83 bits per heavy atom. The minimum Gasteiger partial charge on any atom is -0.382 e. The van der Waals surface area contributed by atoms with Gasteiger partial charge in [-0.3, -0.25) is 4.79 Å². The quantitative estimate of drug-likeness (QED) is 0.889. The first-order chi connectivity index (χ1) is 11.8. The lowest BCUT2D eigenvalue weighted by atomic mass is 9.88. The van der Waals surface area contributed by atoms with E-state index in [0.29, 0.717) is 18.5 Å². The molecule has 4 nitrogen and oxygen atoms in total. The summed E-state index contributed by atoms with van der Waals surface area (Å²) in [6.45, 7) is 2.04. The Labute approximate surface area is 145 Å². The molecule has 2 saturated heterocycles. The van der Waals surface area contributed by atoms with E-state index in [4.69, 9.17) is 0 Å². The summed E-state index contributed by atoms with van der Waals surface area (Å²) in [5, 5.41) is 7.53. The molecular weight excluding hydrogens is 298 g/mol. The molecule has 0 spiro atoms. The van der Waals surface area contributed by atoms with Crippen molar-refractivity contribution < 1.29 is 4.79 Å². The van der Waals surface area contributed by atoms with Crippen LogP contribution in [0, 0.1) is 5.92 Å². The van der Waals surface area contributed by atoms with E-state index in [-0.39, 0.29) is 5.91 Å². The lowest BCUT2D eigenvalue weighted by Gasteiger charge is -2.33. The summed E-state index contributed by atoms with van der Waals surface area (Å²) < 4.78 is 0. The monoisotopic (exact) mass is 327 g/mol. The maximum Gasteiger partial charge on any atom is 0.227 e. The topological polar surface area (TPSA) is 44.4 Å². The number of carbonyl (C=O) groups is 1. The first kappa shape index (κ1) is 15.9. The largest absolute Gasteiger partial charge is 0.382 e. The summed E-state index contributed by atoms with van der Waals surface area (Å²) in [7, 11) is 0. The number of hydrogen-bond donors (Lipinski definition) is 2. The van der Waals surface area contributed by atoms with Gasteiger partial charge in [0, 0.05) is 36.4 Å². The van der Waals surface area contributed by atoms with Gasteiger partial charge in [0.2, 0.25) is 5.91 Å². The standard InChI is InChI=1S/C20H29N3O/c24-20-11-5-13-23(20)16-7-3-6-15(14-16)22-19-10-4-8-17(19)18-9-1-2-12-21-18/h3,6-7,14,17-19,21-22H,1-2,4-5,8-13H2. The summed E-state index contributed by atoms with van der Waals surface area (Å²) in [4.78, 5) is 13.9. The second kappa shape index (κ2) is 7.14. The van der Waals surface area contributed by atoms with Gasteiger partial charge < -0.3 is 15.5 Å². The Hall–Kier alpha value is -1.55. The molecule has 1 aromatic rings. The highest BCUT2D eigenvalue weighted by molar-refractivity contribution is 5.95. The van der Waals surface area contributed by atoms with E-state index in [9.17, 15) is 4.79 Å². The van der Waals surface area contributed by atoms with Crippen LogP contribution in [0.1, 0.15) is 51.4 Å². The van der Waals surface area contributed by atoms with Crippen LogP contribution in [-0.2, 0) is 4.79 Å². The number of carbonyl (C=O) groups excluding carboxylic acids is 1. The third-order valence-electron chi connectivity index (χ3n) is 6.02. The number of benzene rings is 1. The van der Waals surface area contributed by atoms with Crippen molar-refractivity contribution in [1.82, 2.24) is 5.32 Å². The predicted octanol–water partition coefficient (Wildman–Crippen LogP) is 3.54. The van der Waals surface area contributed by atoms with Gasteiger partial charge in [0.15, 0.2) is 0 Å². The molecular formula is C20H29N3O. The SMILES string of the molecule is O=C1CCCN1c1cccc(NC2CCCC2C2CCCCN2)c1. The van der Waals surface area contributed by atoms with E-state index in [1.54, 1.807) is 0 Å². The van der Waals surface area contributed by atoms with Gasteiger partial charge in [-0.25, -0.2) is 0 Å². The van der Waals surface area contributed by atoms with Crippen LogP contribution in [0.2, 0.25) is 0 Å². The van der Waals surface area contributed by atoms with Crippen LogP contribution >= 0.6 is 0 Å². The van der Waals surface area contributed by atoms with E-state index < -0.39 is 0 Å². The van der Waals surface area contributed by atoms with Crippen LogP contribution in [0.4, 0.5) is 11.4 Å². The fourth-order valence-electron chi connectivity index (χ4n) is 4.79. The Morgan fingerprint density at radius 1 is 1.08 bits per heavy atom. The van der Waals surface area contributed by atoms with Gasteiger partial charge in [-0.05, 0) is 62.8 Å². The first-order valence-electron chi connectivity index (χ1n) is 9.71. The zero-order valence-electron chi connectivity index (χ0n) is 14.5. The predicted molar refractivity (Wildman–Crippen MR) is 98.4 cm³/mol. The molecule has 1 aromatic carbocycles. The second-order valence-corrected chi connectivity index (χ2v) is 7.60. The van der Waals surface area contributed by atoms with Crippen molar-refractivity contribution >= 4 is 17.3 Å². The van der Waals surface area contributed by atoms with Gasteiger partial charge in [-0.2, -0.15) is 0 Å². The third kappa shape index (κ3) is 3.30. The molecule has 2 aliphatic heterocycles.